The third kappa shape index (κ3) is 1.35. The van der Waals surface area contributed by atoms with Gasteiger partial charge in [0.25, 0.3) is 0 Å². The highest BCUT2D eigenvalue weighted by Crippen LogP contribution is 2.53. The summed E-state index contributed by atoms with van der Waals surface area (Å²) in [6.07, 6.45) is 0. The molecule has 1 N–H and O–H groups in total. The van der Waals surface area contributed by atoms with Crippen molar-refractivity contribution >= 4 is 23.4 Å². The van der Waals surface area contributed by atoms with E-state index >= 15 is 0 Å². The predicted molar refractivity (Wildman–Crippen MR) is 52.7 cm³/mol. The second kappa shape index (κ2) is 2.95. The van der Waals surface area contributed by atoms with Gasteiger partial charge in [-0.1, -0.05) is 23.7 Å². The highest BCUT2D eigenvalue weighted by Gasteiger charge is 2.45. The fourth-order valence-electron chi connectivity index (χ4n) is 1.21. The van der Waals surface area contributed by atoms with Crippen molar-refractivity contribution in [1.29, 1.82) is 0 Å². The van der Waals surface area contributed by atoms with E-state index in [-0.39, 0.29) is 11.4 Å². The standard InChI is InChI=1S/C9H9ClOS/c10-8-3-1-2-7(4-8)9(5-11)6-12-9/h1-4,11H,5-6H2/t9-/m0/s1. The maximum Gasteiger partial charge on any atom is 0.0730 e. The summed E-state index contributed by atoms with van der Waals surface area (Å²) in [5.41, 5.74) is 1.14. The van der Waals surface area contributed by atoms with Gasteiger partial charge in [-0.15, -0.1) is 11.8 Å². The monoisotopic (exact) mass is 200 g/mol. The van der Waals surface area contributed by atoms with E-state index in [2.05, 4.69) is 0 Å². The van der Waals surface area contributed by atoms with Crippen molar-refractivity contribution in [3.8, 4) is 0 Å². The van der Waals surface area contributed by atoms with Gasteiger partial charge in [0.05, 0.1) is 11.4 Å². The van der Waals surface area contributed by atoms with Gasteiger partial charge in [-0.3, -0.25) is 0 Å². The van der Waals surface area contributed by atoms with Gasteiger partial charge in [0.15, 0.2) is 0 Å². The molecule has 0 amide bonds. The number of hydrogen-bond acceptors (Lipinski definition) is 2. The van der Waals surface area contributed by atoms with E-state index in [1.165, 1.54) is 0 Å². The van der Waals surface area contributed by atoms with Crippen molar-refractivity contribution in [2.75, 3.05) is 12.4 Å². The van der Waals surface area contributed by atoms with E-state index < -0.39 is 0 Å². The summed E-state index contributed by atoms with van der Waals surface area (Å²) < 4.78 is -0.0368. The number of hydrogen-bond donors (Lipinski definition) is 1. The highest BCUT2D eigenvalue weighted by molar-refractivity contribution is 8.07. The van der Waals surface area contributed by atoms with Gasteiger partial charge in [0.2, 0.25) is 0 Å². The smallest absolute Gasteiger partial charge is 0.0730 e. The number of aliphatic hydroxyl groups excluding tert-OH is 1. The molecule has 1 saturated heterocycles. The molecule has 0 bridgehead atoms. The Morgan fingerprint density at radius 1 is 1.58 bits per heavy atom. The van der Waals surface area contributed by atoms with Crippen molar-refractivity contribution in [3.63, 3.8) is 0 Å². The molecule has 0 spiro atoms. The Bertz CT molecular complexity index is 296. The molecule has 12 heavy (non-hydrogen) atoms. The molecule has 0 saturated carbocycles. The van der Waals surface area contributed by atoms with Crippen LogP contribution in [0.3, 0.4) is 0 Å². The molecule has 1 aliphatic rings. The van der Waals surface area contributed by atoms with E-state index in [4.69, 9.17) is 16.7 Å². The minimum Gasteiger partial charge on any atom is -0.395 e. The van der Waals surface area contributed by atoms with Crippen molar-refractivity contribution < 1.29 is 5.11 Å². The van der Waals surface area contributed by atoms with Crippen LogP contribution in [0.4, 0.5) is 0 Å². The first kappa shape index (κ1) is 8.42. The molecule has 1 aromatic rings. The molecule has 0 unspecified atom stereocenters. The zero-order valence-corrected chi connectivity index (χ0v) is 8.03. The lowest BCUT2D eigenvalue weighted by Gasteiger charge is -2.09. The average molecular weight is 201 g/mol. The van der Waals surface area contributed by atoms with Gasteiger partial charge >= 0.3 is 0 Å². The first-order valence-corrected chi connectivity index (χ1v) is 5.14. The van der Waals surface area contributed by atoms with Crippen LogP contribution in [0.15, 0.2) is 24.3 Å². The number of thioether (sulfide) groups is 1. The number of rotatable bonds is 2. The van der Waals surface area contributed by atoms with Crippen LogP contribution in [0.1, 0.15) is 5.56 Å². The van der Waals surface area contributed by atoms with Gasteiger partial charge in [0, 0.05) is 10.8 Å². The molecule has 0 radical (unpaired) electrons. The van der Waals surface area contributed by atoms with E-state index in [1.54, 1.807) is 11.8 Å². The van der Waals surface area contributed by atoms with Crippen LogP contribution >= 0.6 is 23.4 Å². The molecule has 1 nitrogen and oxygen atoms in total. The SMILES string of the molecule is OC[C@@]1(c2cccc(Cl)c2)CS1. The summed E-state index contributed by atoms with van der Waals surface area (Å²) in [5.74, 6) is 1.00. The molecule has 1 fully saturated rings. The van der Waals surface area contributed by atoms with E-state index in [1.807, 2.05) is 24.3 Å². The highest BCUT2D eigenvalue weighted by atomic mass is 35.5. The van der Waals surface area contributed by atoms with Gasteiger partial charge in [-0.25, -0.2) is 0 Å². The maximum atomic E-state index is 9.14. The molecular weight excluding hydrogens is 192 g/mol. The number of halogens is 1. The summed E-state index contributed by atoms with van der Waals surface area (Å²) in [5, 5.41) is 9.88. The molecule has 0 aromatic heterocycles. The second-order valence-electron chi connectivity index (χ2n) is 2.95. The quantitative estimate of drug-likeness (QED) is 0.740. The van der Waals surface area contributed by atoms with Gasteiger partial charge in [-0.05, 0) is 17.7 Å². The van der Waals surface area contributed by atoms with Crippen molar-refractivity contribution in [3.05, 3.63) is 34.9 Å². The Morgan fingerprint density at radius 2 is 2.33 bits per heavy atom. The van der Waals surface area contributed by atoms with Crippen LogP contribution in [-0.4, -0.2) is 17.5 Å². The summed E-state index contributed by atoms with van der Waals surface area (Å²) >= 11 is 7.61. The van der Waals surface area contributed by atoms with Crippen LogP contribution < -0.4 is 0 Å². The molecule has 2 rings (SSSR count). The topological polar surface area (TPSA) is 20.2 Å². The first-order valence-electron chi connectivity index (χ1n) is 3.78. The molecule has 64 valence electrons. The third-order valence-electron chi connectivity index (χ3n) is 2.10. The normalized spacial score (nSPS) is 27.2. The molecule has 1 aliphatic heterocycles. The minimum atomic E-state index is -0.0368. The molecule has 1 atom stereocenters. The predicted octanol–water partition coefficient (Wildman–Crippen LogP) is 2.27. The van der Waals surface area contributed by atoms with Crippen LogP contribution in [0.25, 0.3) is 0 Å². The van der Waals surface area contributed by atoms with E-state index in [0.717, 1.165) is 16.3 Å². The van der Waals surface area contributed by atoms with Crippen molar-refractivity contribution in [1.82, 2.24) is 0 Å². The van der Waals surface area contributed by atoms with Crippen LogP contribution in [-0.2, 0) is 4.75 Å². The molecule has 3 heteroatoms. The third-order valence-corrected chi connectivity index (χ3v) is 3.68. The zero-order valence-electron chi connectivity index (χ0n) is 6.46. The Kier molecular flexibility index (Phi) is 2.07. The summed E-state index contributed by atoms with van der Waals surface area (Å²) in [7, 11) is 0. The maximum absolute atomic E-state index is 9.14. The van der Waals surface area contributed by atoms with Crippen LogP contribution in [0.2, 0.25) is 5.02 Å². The molecule has 0 aliphatic carbocycles. The fraction of sp³-hybridized carbons (Fsp3) is 0.333. The Balaban J connectivity index is 2.34. The zero-order chi connectivity index (χ0) is 8.60. The van der Waals surface area contributed by atoms with E-state index in [9.17, 15) is 0 Å². The molecular formula is C9H9ClOS. The van der Waals surface area contributed by atoms with Crippen molar-refractivity contribution in [2.45, 2.75) is 4.75 Å². The van der Waals surface area contributed by atoms with Gasteiger partial charge < -0.3 is 5.11 Å². The van der Waals surface area contributed by atoms with Crippen LogP contribution in [0.5, 0.6) is 0 Å². The summed E-state index contributed by atoms with van der Waals surface area (Å²) in [6, 6.07) is 7.72. The Labute approximate surface area is 80.7 Å². The average Bonchev–Trinajstić information content (AvgIpc) is 2.84. The molecule has 1 aromatic carbocycles. The Hall–Kier alpha value is -0.180. The lowest BCUT2D eigenvalue weighted by atomic mass is 10.0. The minimum absolute atomic E-state index is 0.0368. The van der Waals surface area contributed by atoms with Crippen molar-refractivity contribution in [2.24, 2.45) is 0 Å². The number of aliphatic hydroxyl groups is 1. The second-order valence-corrected chi connectivity index (χ2v) is 4.75. The summed E-state index contributed by atoms with van der Waals surface area (Å²) in [6.45, 7) is 0.206. The van der Waals surface area contributed by atoms with Gasteiger partial charge in [-0.2, -0.15) is 0 Å². The molecule has 1 heterocycles. The lowest BCUT2D eigenvalue weighted by molar-refractivity contribution is 0.272. The lowest BCUT2D eigenvalue weighted by Crippen LogP contribution is -2.11. The number of benzene rings is 1. The van der Waals surface area contributed by atoms with Crippen LogP contribution in [0, 0.1) is 0 Å². The largest absolute Gasteiger partial charge is 0.395 e. The fourth-order valence-corrected chi connectivity index (χ4v) is 2.22. The summed E-state index contributed by atoms with van der Waals surface area (Å²) in [4.78, 5) is 0. The Morgan fingerprint density at radius 3 is 2.83 bits per heavy atom. The first-order chi connectivity index (χ1) is 5.77. The van der Waals surface area contributed by atoms with Gasteiger partial charge in [0.1, 0.15) is 0 Å². The van der Waals surface area contributed by atoms with E-state index in [0.29, 0.717) is 0 Å².